The third-order valence-electron chi connectivity index (χ3n) is 1.81. The van der Waals surface area contributed by atoms with Crippen molar-refractivity contribution in [3.8, 4) is 11.3 Å². The Labute approximate surface area is 74.0 Å². The summed E-state index contributed by atoms with van der Waals surface area (Å²) in [4.78, 5) is 11.5. The summed E-state index contributed by atoms with van der Waals surface area (Å²) >= 11 is 0. The quantitative estimate of drug-likeness (QED) is 0.673. The van der Waals surface area contributed by atoms with Crippen LogP contribution in [0.1, 0.15) is 0 Å². The molecule has 5 heteroatoms. The maximum Gasteiger partial charge on any atom is 0.259 e. The van der Waals surface area contributed by atoms with Gasteiger partial charge in [-0.25, -0.2) is 0 Å². The zero-order valence-corrected chi connectivity index (χ0v) is 7.06. The van der Waals surface area contributed by atoms with E-state index in [0.717, 1.165) is 0 Å². The summed E-state index contributed by atoms with van der Waals surface area (Å²) < 4.78 is 1.50. The zero-order valence-electron chi connectivity index (χ0n) is 7.06. The number of aromatic nitrogens is 4. The summed E-state index contributed by atoms with van der Waals surface area (Å²) in [5.74, 6) is 0. The van der Waals surface area contributed by atoms with Gasteiger partial charge in [0.1, 0.15) is 5.69 Å². The van der Waals surface area contributed by atoms with E-state index in [4.69, 9.17) is 0 Å². The third-order valence-corrected chi connectivity index (χ3v) is 1.81. The van der Waals surface area contributed by atoms with Crippen LogP contribution in [0.5, 0.6) is 0 Å². The molecule has 0 spiro atoms. The number of aromatic amines is 1. The van der Waals surface area contributed by atoms with E-state index in [2.05, 4.69) is 15.4 Å². The molecule has 0 aliphatic carbocycles. The molecule has 1 N–H and O–H groups in total. The molecule has 0 saturated carbocycles. The van der Waals surface area contributed by atoms with Crippen molar-refractivity contribution in [3.05, 3.63) is 34.9 Å². The molecule has 13 heavy (non-hydrogen) atoms. The number of hydrogen-bond donors (Lipinski definition) is 1. The number of hydrogen-bond acceptors (Lipinski definition) is 3. The second-order valence-electron chi connectivity index (χ2n) is 2.69. The predicted octanol–water partition coefficient (Wildman–Crippen LogP) is 0.170. The zero-order chi connectivity index (χ0) is 9.26. The van der Waals surface area contributed by atoms with Crippen LogP contribution in [0.4, 0.5) is 0 Å². The van der Waals surface area contributed by atoms with Gasteiger partial charge in [0.2, 0.25) is 0 Å². The van der Waals surface area contributed by atoms with Crippen molar-refractivity contribution in [2.45, 2.75) is 0 Å². The monoisotopic (exact) mass is 176 g/mol. The van der Waals surface area contributed by atoms with Crippen molar-refractivity contribution < 1.29 is 0 Å². The third kappa shape index (κ3) is 1.24. The van der Waals surface area contributed by atoms with Crippen LogP contribution in [0.15, 0.2) is 29.3 Å². The topological polar surface area (TPSA) is 63.6 Å². The van der Waals surface area contributed by atoms with E-state index in [-0.39, 0.29) is 5.56 Å². The summed E-state index contributed by atoms with van der Waals surface area (Å²) in [5.41, 5.74) is 1.05. The second kappa shape index (κ2) is 2.85. The highest BCUT2D eigenvalue weighted by atomic mass is 16.1. The highest BCUT2D eigenvalue weighted by Crippen LogP contribution is 2.07. The Morgan fingerprint density at radius 2 is 2.38 bits per heavy atom. The highest BCUT2D eigenvalue weighted by molar-refractivity contribution is 5.55. The van der Waals surface area contributed by atoms with E-state index < -0.39 is 0 Å². The van der Waals surface area contributed by atoms with Crippen molar-refractivity contribution >= 4 is 0 Å². The molecule has 0 aliphatic heterocycles. The SMILES string of the molecule is Cn1cccc(-c2cn[nH]n2)c1=O. The minimum absolute atomic E-state index is 0.0728. The fourth-order valence-electron chi connectivity index (χ4n) is 1.12. The molecule has 0 aliphatic rings. The van der Waals surface area contributed by atoms with Crippen LogP contribution >= 0.6 is 0 Å². The van der Waals surface area contributed by atoms with Gasteiger partial charge in [-0.15, -0.1) is 0 Å². The van der Waals surface area contributed by atoms with Crippen molar-refractivity contribution in [2.75, 3.05) is 0 Å². The number of rotatable bonds is 1. The number of nitrogens with one attached hydrogen (secondary N) is 1. The van der Waals surface area contributed by atoms with Gasteiger partial charge in [-0.2, -0.15) is 15.4 Å². The molecule has 0 amide bonds. The molecular weight excluding hydrogens is 168 g/mol. The Balaban J connectivity index is 2.66. The van der Waals surface area contributed by atoms with Gasteiger partial charge in [0.15, 0.2) is 0 Å². The first-order chi connectivity index (χ1) is 6.29. The summed E-state index contributed by atoms with van der Waals surface area (Å²) in [6.45, 7) is 0. The second-order valence-corrected chi connectivity index (χ2v) is 2.69. The average molecular weight is 176 g/mol. The van der Waals surface area contributed by atoms with Gasteiger partial charge in [-0.1, -0.05) is 0 Å². The summed E-state index contributed by atoms with van der Waals surface area (Å²) in [6, 6.07) is 3.52. The fraction of sp³-hybridized carbons (Fsp3) is 0.125. The lowest BCUT2D eigenvalue weighted by molar-refractivity contribution is 0.860. The van der Waals surface area contributed by atoms with Crippen molar-refractivity contribution in [1.82, 2.24) is 20.0 Å². The summed E-state index contributed by atoms with van der Waals surface area (Å²) in [5, 5.41) is 9.95. The van der Waals surface area contributed by atoms with E-state index in [9.17, 15) is 4.79 Å². The Morgan fingerprint density at radius 3 is 3.08 bits per heavy atom. The lowest BCUT2D eigenvalue weighted by atomic mass is 10.2. The van der Waals surface area contributed by atoms with Gasteiger partial charge < -0.3 is 4.57 Å². The molecular formula is C8H8N4O. The van der Waals surface area contributed by atoms with Crippen LogP contribution in [-0.2, 0) is 7.05 Å². The van der Waals surface area contributed by atoms with E-state index >= 15 is 0 Å². The molecule has 2 aromatic heterocycles. The predicted molar refractivity (Wildman–Crippen MR) is 47.1 cm³/mol. The normalized spacial score (nSPS) is 10.2. The van der Waals surface area contributed by atoms with Crippen LogP contribution in [0, 0.1) is 0 Å². The molecule has 2 rings (SSSR count). The van der Waals surface area contributed by atoms with Crippen LogP contribution in [-0.4, -0.2) is 20.0 Å². The molecule has 0 unspecified atom stereocenters. The Kier molecular flexibility index (Phi) is 1.70. The van der Waals surface area contributed by atoms with Gasteiger partial charge in [-0.05, 0) is 12.1 Å². The average Bonchev–Trinajstić information content (AvgIpc) is 2.62. The number of pyridine rings is 1. The number of aryl methyl sites for hydroxylation is 1. The standard InChI is InChI=1S/C8H8N4O/c1-12-4-2-3-6(8(12)13)7-5-9-11-10-7/h2-5H,1H3,(H,9,10,11). The van der Waals surface area contributed by atoms with E-state index in [1.54, 1.807) is 25.4 Å². The van der Waals surface area contributed by atoms with Gasteiger partial charge >= 0.3 is 0 Å². The lowest BCUT2D eigenvalue weighted by Crippen LogP contribution is -2.17. The molecule has 2 aromatic rings. The molecule has 66 valence electrons. The molecule has 0 aromatic carbocycles. The molecule has 2 heterocycles. The lowest BCUT2D eigenvalue weighted by Gasteiger charge is -1.98. The highest BCUT2D eigenvalue weighted by Gasteiger charge is 2.05. The van der Waals surface area contributed by atoms with Gasteiger partial charge in [0, 0.05) is 13.2 Å². The Bertz CT molecular complexity index is 457. The molecule has 0 fully saturated rings. The summed E-state index contributed by atoms with van der Waals surface area (Å²) in [6.07, 6.45) is 3.22. The van der Waals surface area contributed by atoms with Crippen LogP contribution in [0.2, 0.25) is 0 Å². The first-order valence-corrected chi connectivity index (χ1v) is 3.81. The largest absolute Gasteiger partial charge is 0.318 e. The van der Waals surface area contributed by atoms with Crippen LogP contribution < -0.4 is 5.56 Å². The number of H-pyrrole nitrogens is 1. The van der Waals surface area contributed by atoms with Crippen molar-refractivity contribution in [1.29, 1.82) is 0 Å². The fourth-order valence-corrected chi connectivity index (χ4v) is 1.12. The first kappa shape index (κ1) is 7.72. The van der Waals surface area contributed by atoms with Gasteiger partial charge in [0.25, 0.3) is 5.56 Å². The van der Waals surface area contributed by atoms with E-state index in [1.165, 1.54) is 10.8 Å². The van der Waals surface area contributed by atoms with Gasteiger partial charge in [-0.3, -0.25) is 4.79 Å². The van der Waals surface area contributed by atoms with Crippen LogP contribution in [0.3, 0.4) is 0 Å². The van der Waals surface area contributed by atoms with Crippen LogP contribution in [0.25, 0.3) is 11.3 Å². The molecule has 0 atom stereocenters. The minimum atomic E-state index is -0.0728. The van der Waals surface area contributed by atoms with E-state index in [0.29, 0.717) is 11.3 Å². The van der Waals surface area contributed by atoms with Crippen molar-refractivity contribution in [2.24, 2.45) is 7.05 Å². The van der Waals surface area contributed by atoms with Gasteiger partial charge in [0.05, 0.1) is 11.8 Å². The van der Waals surface area contributed by atoms with E-state index in [1.807, 2.05) is 0 Å². The Hall–Kier alpha value is -1.91. The number of nitrogens with zero attached hydrogens (tertiary/aromatic N) is 3. The molecule has 5 nitrogen and oxygen atoms in total. The molecule has 0 radical (unpaired) electrons. The first-order valence-electron chi connectivity index (χ1n) is 3.81. The maximum absolute atomic E-state index is 11.5. The minimum Gasteiger partial charge on any atom is -0.318 e. The molecule has 0 bridgehead atoms. The van der Waals surface area contributed by atoms with Crippen molar-refractivity contribution in [3.63, 3.8) is 0 Å². The maximum atomic E-state index is 11.5. The smallest absolute Gasteiger partial charge is 0.259 e. The Morgan fingerprint density at radius 1 is 1.54 bits per heavy atom. The summed E-state index contributed by atoms with van der Waals surface area (Å²) in [7, 11) is 1.70. The molecule has 0 saturated heterocycles.